The summed E-state index contributed by atoms with van der Waals surface area (Å²) in [7, 11) is -1.78. The van der Waals surface area contributed by atoms with E-state index < -0.39 is 10.0 Å². The Kier molecular flexibility index (Phi) is 3.52. The van der Waals surface area contributed by atoms with Crippen LogP contribution < -0.4 is 9.63 Å². The highest BCUT2D eigenvalue weighted by molar-refractivity contribution is 7.89. The number of thiazole rings is 1. The zero-order valence-electron chi connectivity index (χ0n) is 11.2. The minimum atomic E-state index is -3.64. The third-order valence-electron chi connectivity index (χ3n) is 3.03. The number of aryl methyl sites for hydroxylation is 1. The van der Waals surface area contributed by atoms with Crippen LogP contribution in [-0.4, -0.2) is 13.0 Å². The van der Waals surface area contributed by atoms with E-state index in [1.165, 1.54) is 23.5 Å². The van der Waals surface area contributed by atoms with E-state index in [1.807, 2.05) is 35.9 Å². The average Bonchev–Trinajstić information content (AvgIpc) is 2.83. The average molecular weight is 319 g/mol. The first-order valence-electron chi connectivity index (χ1n) is 6.23. The minimum absolute atomic E-state index is 0.192. The smallest absolute Gasteiger partial charge is 0.276 e. The molecule has 3 rings (SSSR count). The number of fused-ring (bicyclic) bond motifs is 1. The van der Waals surface area contributed by atoms with Gasteiger partial charge in [0.05, 0.1) is 15.1 Å². The number of rotatable bonds is 3. The molecule has 0 aliphatic rings. The molecule has 0 unspecified atom stereocenters. The summed E-state index contributed by atoms with van der Waals surface area (Å²) in [6.45, 7) is 0. The second kappa shape index (κ2) is 5.34. The van der Waals surface area contributed by atoms with Gasteiger partial charge in [-0.2, -0.15) is 13.2 Å². The zero-order chi connectivity index (χ0) is 14.9. The fourth-order valence-electron chi connectivity index (χ4n) is 1.94. The first kappa shape index (κ1) is 13.8. The van der Waals surface area contributed by atoms with Crippen LogP contribution in [0.15, 0.2) is 64.6 Å². The first-order valence-corrected chi connectivity index (χ1v) is 8.53. The Morgan fingerprint density at radius 3 is 2.43 bits per heavy atom. The molecule has 108 valence electrons. The number of hydrogen-bond donors (Lipinski definition) is 1. The molecule has 2 aromatic carbocycles. The Morgan fingerprint density at radius 1 is 1.05 bits per heavy atom. The van der Waals surface area contributed by atoms with Crippen LogP contribution in [0, 0.1) is 0 Å². The summed E-state index contributed by atoms with van der Waals surface area (Å²) in [4.78, 5) is 3.07. The van der Waals surface area contributed by atoms with Crippen molar-refractivity contribution < 1.29 is 8.42 Å². The summed E-state index contributed by atoms with van der Waals surface area (Å²) in [5.41, 5.74) is 1.01. The summed E-state index contributed by atoms with van der Waals surface area (Å²) in [6.07, 6.45) is 0. The lowest BCUT2D eigenvalue weighted by molar-refractivity contribution is 0.582. The maximum absolute atomic E-state index is 12.1. The van der Waals surface area contributed by atoms with Crippen LogP contribution in [0.1, 0.15) is 0 Å². The standard InChI is InChI=1S/C14H13N3O2S2/c1-17-12-9-5-6-10-13(12)20-14(17)15-16-21(18,19)11-7-3-2-4-8-11/h2-10,16H,1H3/b15-14+. The fraction of sp³-hybridized carbons (Fsp3) is 0.0714. The molecular formula is C14H13N3O2S2. The van der Waals surface area contributed by atoms with Crippen LogP contribution in [-0.2, 0) is 17.1 Å². The summed E-state index contributed by atoms with van der Waals surface area (Å²) in [5, 5.41) is 4.03. The molecule has 21 heavy (non-hydrogen) atoms. The number of nitrogens with one attached hydrogen (secondary N) is 1. The molecule has 1 aromatic heterocycles. The summed E-state index contributed by atoms with van der Waals surface area (Å²) < 4.78 is 27.2. The lowest BCUT2D eigenvalue weighted by Crippen LogP contribution is -2.23. The van der Waals surface area contributed by atoms with Crippen molar-refractivity contribution in [3.05, 3.63) is 59.4 Å². The second-order valence-electron chi connectivity index (χ2n) is 4.43. The number of para-hydroxylation sites is 1. The highest BCUT2D eigenvalue weighted by atomic mass is 32.2. The molecule has 0 saturated carbocycles. The van der Waals surface area contributed by atoms with Crippen molar-refractivity contribution in [1.29, 1.82) is 0 Å². The fourth-order valence-corrected chi connectivity index (χ4v) is 3.80. The molecule has 3 aromatic rings. The highest BCUT2D eigenvalue weighted by Gasteiger charge is 2.12. The highest BCUT2D eigenvalue weighted by Crippen LogP contribution is 2.15. The maximum Gasteiger partial charge on any atom is 0.276 e. The topological polar surface area (TPSA) is 63.5 Å². The quantitative estimate of drug-likeness (QED) is 0.751. The van der Waals surface area contributed by atoms with E-state index in [4.69, 9.17) is 0 Å². The van der Waals surface area contributed by atoms with Gasteiger partial charge in [-0.25, -0.2) is 0 Å². The summed E-state index contributed by atoms with van der Waals surface area (Å²) in [6, 6.07) is 16.0. The van der Waals surface area contributed by atoms with Gasteiger partial charge in [-0.1, -0.05) is 41.7 Å². The van der Waals surface area contributed by atoms with Gasteiger partial charge in [-0.15, -0.1) is 5.10 Å². The summed E-state index contributed by atoms with van der Waals surface area (Å²) in [5.74, 6) is 0. The molecule has 0 radical (unpaired) electrons. The van der Waals surface area contributed by atoms with Crippen molar-refractivity contribution in [3.8, 4) is 0 Å². The molecule has 0 spiro atoms. The lowest BCUT2D eigenvalue weighted by Gasteiger charge is -2.02. The molecule has 0 atom stereocenters. The van der Waals surface area contributed by atoms with Gasteiger partial charge < -0.3 is 4.57 Å². The van der Waals surface area contributed by atoms with Gasteiger partial charge in [0.25, 0.3) is 10.0 Å². The Labute approximate surface area is 126 Å². The van der Waals surface area contributed by atoms with Crippen LogP contribution >= 0.6 is 11.3 Å². The van der Waals surface area contributed by atoms with Crippen LogP contribution in [0.2, 0.25) is 0 Å². The van der Waals surface area contributed by atoms with Crippen molar-refractivity contribution >= 4 is 31.6 Å². The second-order valence-corrected chi connectivity index (χ2v) is 7.10. The number of nitrogens with zero attached hydrogens (tertiary/aromatic N) is 2. The maximum atomic E-state index is 12.1. The third kappa shape index (κ3) is 2.70. The Bertz CT molecular complexity index is 941. The Balaban J connectivity index is 2.00. The molecule has 0 fully saturated rings. The molecule has 0 amide bonds. The third-order valence-corrected chi connectivity index (χ3v) is 5.37. The number of benzene rings is 2. The van der Waals surface area contributed by atoms with Crippen molar-refractivity contribution in [3.63, 3.8) is 0 Å². The number of hydrogen-bond acceptors (Lipinski definition) is 4. The van der Waals surface area contributed by atoms with Crippen molar-refractivity contribution in [1.82, 2.24) is 9.40 Å². The van der Waals surface area contributed by atoms with Crippen molar-refractivity contribution in [2.45, 2.75) is 4.90 Å². The normalized spacial score (nSPS) is 12.7. The largest absolute Gasteiger partial charge is 0.318 e. The SMILES string of the molecule is Cn1/c(=N\NS(=O)(=O)c2ccccc2)sc2ccccc21. The van der Waals surface area contributed by atoms with Gasteiger partial charge in [0, 0.05) is 7.05 Å². The molecule has 0 aliphatic heterocycles. The van der Waals surface area contributed by atoms with Crippen LogP contribution in [0.3, 0.4) is 0 Å². The molecule has 0 saturated heterocycles. The first-order chi connectivity index (χ1) is 10.1. The van der Waals surface area contributed by atoms with E-state index in [2.05, 4.69) is 9.93 Å². The van der Waals surface area contributed by atoms with Crippen molar-refractivity contribution in [2.24, 2.45) is 12.1 Å². The van der Waals surface area contributed by atoms with Crippen LogP contribution in [0.25, 0.3) is 10.2 Å². The summed E-state index contributed by atoms with van der Waals surface area (Å²) >= 11 is 1.43. The molecule has 1 heterocycles. The van der Waals surface area contributed by atoms with E-state index in [9.17, 15) is 8.42 Å². The van der Waals surface area contributed by atoms with E-state index >= 15 is 0 Å². The molecule has 7 heteroatoms. The van der Waals surface area contributed by atoms with E-state index in [0.29, 0.717) is 4.80 Å². The van der Waals surface area contributed by atoms with Crippen LogP contribution in [0.4, 0.5) is 0 Å². The molecule has 1 N–H and O–H groups in total. The minimum Gasteiger partial charge on any atom is -0.318 e. The molecule has 5 nitrogen and oxygen atoms in total. The Morgan fingerprint density at radius 2 is 1.71 bits per heavy atom. The monoisotopic (exact) mass is 319 g/mol. The van der Waals surface area contributed by atoms with Gasteiger partial charge in [0.1, 0.15) is 0 Å². The van der Waals surface area contributed by atoms with Crippen LogP contribution in [0.5, 0.6) is 0 Å². The van der Waals surface area contributed by atoms with Gasteiger partial charge in [0.2, 0.25) is 4.80 Å². The molecule has 0 aliphatic carbocycles. The Hall–Kier alpha value is -2.12. The zero-order valence-corrected chi connectivity index (χ0v) is 12.9. The van der Waals surface area contributed by atoms with Gasteiger partial charge >= 0.3 is 0 Å². The predicted octanol–water partition coefficient (Wildman–Crippen LogP) is 2.03. The van der Waals surface area contributed by atoms with Gasteiger partial charge in [0.15, 0.2) is 0 Å². The predicted molar refractivity (Wildman–Crippen MR) is 83.1 cm³/mol. The number of sulfonamides is 1. The van der Waals surface area contributed by atoms with E-state index in [0.717, 1.165) is 10.2 Å². The van der Waals surface area contributed by atoms with Gasteiger partial charge in [-0.05, 0) is 24.3 Å². The number of aromatic nitrogens is 1. The lowest BCUT2D eigenvalue weighted by atomic mass is 10.3. The molecular weight excluding hydrogens is 306 g/mol. The van der Waals surface area contributed by atoms with E-state index in [-0.39, 0.29) is 4.90 Å². The van der Waals surface area contributed by atoms with Gasteiger partial charge in [-0.3, -0.25) is 0 Å². The van der Waals surface area contributed by atoms with E-state index in [1.54, 1.807) is 18.2 Å². The molecule has 0 bridgehead atoms. The van der Waals surface area contributed by atoms with Crippen molar-refractivity contribution in [2.75, 3.05) is 0 Å².